The fourth-order valence-electron chi connectivity index (χ4n) is 0.404. The van der Waals surface area contributed by atoms with Crippen LogP contribution in [0.1, 0.15) is 6.42 Å². The van der Waals surface area contributed by atoms with E-state index >= 15 is 0 Å². The summed E-state index contributed by atoms with van der Waals surface area (Å²) in [5.74, 6) is -0.733. The second-order valence-electron chi connectivity index (χ2n) is 1.66. The molecule has 0 radical (unpaired) electrons. The number of carbonyl (C=O) groups is 2. The first-order valence-corrected chi connectivity index (χ1v) is 2.58. The molecule has 0 aliphatic carbocycles. The van der Waals surface area contributed by atoms with E-state index in [0.717, 1.165) is 0 Å². The van der Waals surface area contributed by atoms with Gasteiger partial charge >= 0.3 is 0 Å². The Morgan fingerprint density at radius 3 is 2.36 bits per heavy atom. The molecule has 0 aromatic heterocycles. The van der Waals surface area contributed by atoms with E-state index in [0.29, 0.717) is 0 Å². The van der Waals surface area contributed by atoms with Crippen LogP contribution in [0.25, 0.3) is 0 Å². The van der Waals surface area contributed by atoms with E-state index in [1.807, 2.05) is 0 Å². The van der Waals surface area contributed by atoms with Gasteiger partial charge in [-0.25, -0.2) is 10.3 Å². The second kappa shape index (κ2) is 4.21. The minimum absolute atomic E-state index is 0.528. The molecule has 0 bridgehead atoms. The van der Waals surface area contributed by atoms with Crippen LogP contribution in [0.4, 0.5) is 0 Å². The zero-order valence-corrected chi connectivity index (χ0v) is 5.46. The molecule has 0 aliphatic rings. The van der Waals surface area contributed by atoms with Gasteiger partial charge in [0.25, 0.3) is 5.91 Å². The van der Waals surface area contributed by atoms with Crippen LogP contribution in [-0.4, -0.2) is 23.0 Å². The largest absolute Gasteiger partial charge is 0.369 e. The molecule has 6 nitrogen and oxygen atoms in total. The molecule has 60 valence electrons. The summed E-state index contributed by atoms with van der Waals surface area (Å²) in [6.45, 7) is 0. The van der Waals surface area contributed by atoms with Gasteiger partial charge in [0, 0.05) is 0 Å². The summed E-state index contributed by atoms with van der Waals surface area (Å²) in [6.07, 6.45) is -0.532. The quantitative estimate of drug-likeness (QED) is 0.193. The fraction of sp³-hybridized carbons (Fsp3) is 0.200. The van der Waals surface area contributed by atoms with Crippen LogP contribution in [0, 0.1) is 0 Å². The number of hydroxylamine groups is 1. The Labute approximate surface area is 61.6 Å². The first-order valence-electron chi connectivity index (χ1n) is 2.58. The summed E-state index contributed by atoms with van der Waals surface area (Å²) >= 11 is 0. The monoisotopic (exact) mass is 158 g/mol. The Morgan fingerprint density at radius 2 is 2.09 bits per heavy atom. The third-order valence-corrected chi connectivity index (χ3v) is 0.850. The smallest absolute Gasteiger partial charge is 0.282 e. The van der Waals surface area contributed by atoms with E-state index in [2.05, 4.69) is 5.73 Å². The molecule has 0 aromatic carbocycles. The minimum Gasteiger partial charge on any atom is -0.369 e. The average molecular weight is 158 g/mol. The molecule has 0 spiro atoms. The maximum absolute atomic E-state index is 10.4. The van der Waals surface area contributed by atoms with Gasteiger partial charge in [-0.05, 0) is 0 Å². The van der Waals surface area contributed by atoms with Crippen LogP contribution in [0.2, 0.25) is 0 Å². The van der Waals surface area contributed by atoms with Crippen molar-refractivity contribution in [2.75, 3.05) is 0 Å². The van der Waals surface area contributed by atoms with Crippen molar-refractivity contribution in [3.63, 3.8) is 0 Å². The Balaban J connectivity index is 4.32. The zero-order valence-electron chi connectivity index (χ0n) is 5.46. The highest BCUT2D eigenvalue weighted by Gasteiger charge is 2.11. The first kappa shape index (κ1) is 9.35. The van der Waals surface area contributed by atoms with Crippen LogP contribution >= 0.6 is 0 Å². The standard InChI is InChI=1S/C5H6N2O4/c6-4(9)1-3(2-8)5(10)7-11/h11H,1H2,(H2,6,9)(H,7,10). The van der Waals surface area contributed by atoms with Crippen molar-refractivity contribution < 1.29 is 19.6 Å². The average Bonchev–Trinajstić information content (AvgIpc) is 1.98. The first-order chi connectivity index (χ1) is 5.11. The Hall–Kier alpha value is -1.65. The van der Waals surface area contributed by atoms with E-state index in [4.69, 9.17) is 5.21 Å². The van der Waals surface area contributed by atoms with Crippen LogP contribution < -0.4 is 11.2 Å². The summed E-state index contributed by atoms with van der Waals surface area (Å²) in [5.41, 5.74) is 5.31. The lowest BCUT2D eigenvalue weighted by Crippen LogP contribution is -2.24. The molecule has 0 unspecified atom stereocenters. The van der Waals surface area contributed by atoms with Gasteiger partial charge in [-0.15, -0.1) is 0 Å². The van der Waals surface area contributed by atoms with E-state index < -0.39 is 23.8 Å². The van der Waals surface area contributed by atoms with Gasteiger partial charge in [0.1, 0.15) is 11.5 Å². The maximum Gasteiger partial charge on any atom is 0.282 e. The third kappa shape index (κ3) is 3.14. The maximum atomic E-state index is 10.4. The number of carbonyl (C=O) groups excluding carboxylic acids is 3. The number of nitrogens with two attached hydrogens (primary N) is 1. The summed E-state index contributed by atoms with van der Waals surface area (Å²) in [4.78, 5) is 30.5. The molecule has 0 aliphatic heterocycles. The Morgan fingerprint density at radius 1 is 1.55 bits per heavy atom. The molecule has 0 aromatic rings. The zero-order chi connectivity index (χ0) is 8.85. The van der Waals surface area contributed by atoms with Gasteiger partial charge < -0.3 is 5.73 Å². The molecule has 6 heteroatoms. The van der Waals surface area contributed by atoms with Crippen molar-refractivity contribution in [1.82, 2.24) is 5.48 Å². The molecule has 0 rings (SSSR count). The van der Waals surface area contributed by atoms with Crippen LogP contribution in [0.3, 0.4) is 0 Å². The lowest BCUT2D eigenvalue weighted by atomic mass is 10.2. The van der Waals surface area contributed by atoms with Crippen molar-refractivity contribution in [2.45, 2.75) is 6.42 Å². The minimum atomic E-state index is -1.07. The highest BCUT2D eigenvalue weighted by Crippen LogP contribution is 1.93. The van der Waals surface area contributed by atoms with Crippen LogP contribution in [0.5, 0.6) is 0 Å². The summed E-state index contributed by atoms with van der Waals surface area (Å²) in [5, 5.41) is 8.00. The second-order valence-corrected chi connectivity index (χ2v) is 1.66. The summed E-state index contributed by atoms with van der Waals surface area (Å²) in [6, 6.07) is 0. The molecule has 2 amide bonds. The predicted molar refractivity (Wildman–Crippen MR) is 32.9 cm³/mol. The van der Waals surface area contributed by atoms with Gasteiger partial charge in [-0.2, -0.15) is 0 Å². The molecule has 0 fully saturated rings. The third-order valence-electron chi connectivity index (χ3n) is 0.850. The Kier molecular flexibility index (Phi) is 3.58. The van der Waals surface area contributed by atoms with Gasteiger partial charge in [-0.1, -0.05) is 0 Å². The van der Waals surface area contributed by atoms with E-state index in [1.165, 1.54) is 11.4 Å². The highest BCUT2D eigenvalue weighted by atomic mass is 16.5. The molecule has 0 heterocycles. The lowest BCUT2D eigenvalue weighted by Gasteiger charge is -1.95. The molecule has 4 N–H and O–H groups in total. The van der Waals surface area contributed by atoms with E-state index in [1.54, 1.807) is 0 Å². The summed E-state index contributed by atoms with van der Waals surface area (Å²) in [7, 11) is 0. The number of hydrogen-bond donors (Lipinski definition) is 3. The number of hydrogen-bond acceptors (Lipinski definition) is 4. The molecular weight excluding hydrogens is 152 g/mol. The molecule has 0 saturated carbocycles. The van der Waals surface area contributed by atoms with Crippen molar-refractivity contribution in [3.05, 3.63) is 5.57 Å². The Bertz CT molecular complexity index is 229. The lowest BCUT2D eigenvalue weighted by molar-refractivity contribution is -0.126. The van der Waals surface area contributed by atoms with Crippen LogP contribution in [0.15, 0.2) is 5.57 Å². The van der Waals surface area contributed by atoms with Crippen molar-refractivity contribution in [3.8, 4) is 0 Å². The van der Waals surface area contributed by atoms with Crippen molar-refractivity contribution in [1.29, 1.82) is 0 Å². The van der Waals surface area contributed by atoms with E-state index in [-0.39, 0.29) is 0 Å². The number of rotatable bonds is 3. The van der Waals surface area contributed by atoms with Gasteiger partial charge in [0.05, 0.1) is 6.42 Å². The molecule has 0 atom stereocenters. The number of nitrogens with one attached hydrogen (secondary N) is 1. The molecule has 11 heavy (non-hydrogen) atoms. The van der Waals surface area contributed by atoms with Crippen molar-refractivity contribution in [2.24, 2.45) is 5.73 Å². The van der Waals surface area contributed by atoms with Crippen molar-refractivity contribution >= 4 is 17.8 Å². The van der Waals surface area contributed by atoms with Gasteiger partial charge in [-0.3, -0.25) is 14.8 Å². The SMILES string of the molecule is NC(=O)CC(=C=O)C(=O)NO. The van der Waals surface area contributed by atoms with Gasteiger partial charge in [0.2, 0.25) is 5.91 Å². The van der Waals surface area contributed by atoms with E-state index in [9.17, 15) is 14.4 Å². The topological polar surface area (TPSA) is 109 Å². The number of amides is 2. The normalized spacial score (nSPS) is 8.09. The molecular formula is C5H6N2O4. The molecule has 0 saturated heterocycles. The fourth-order valence-corrected chi connectivity index (χ4v) is 0.404. The highest BCUT2D eigenvalue weighted by molar-refractivity contribution is 6.04. The van der Waals surface area contributed by atoms with Gasteiger partial charge in [0.15, 0.2) is 0 Å². The summed E-state index contributed by atoms with van der Waals surface area (Å²) < 4.78 is 0. The predicted octanol–water partition coefficient (Wildman–Crippen LogP) is -1.87. The number of primary amides is 1. The van der Waals surface area contributed by atoms with Crippen LogP contribution in [-0.2, 0) is 14.4 Å².